The van der Waals surface area contributed by atoms with Crippen LogP contribution in [-0.4, -0.2) is 17.6 Å². The minimum Gasteiger partial charge on any atom is -0.366 e. The van der Waals surface area contributed by atoms with Crippen LogP contribution in [0.4, 0.5) is 0 Å². The fourth-order valence-corrected chi connectivity index (χ4v) is 2.67. The Bertz CT molecular complexity index is 305. The van der Waals surface area contributed by atoms with Gasteiger partial charge in [-0.05, 0) is 19.3 Å². The van der Waals surface area contributed by atoms with Gasteiger partial charge in [-0.2, -0.15) is 0 Å². The van der Waals surface area contributed by atoms with E-state index in [1.54, 1.807) is 6.20 Å². The second kappa shape index (κ2) is 4.57. The molecule has 5 heteroatoms. The summed E-state index contributed by atoms with van der Waals surface area (Å²) in [6.07, 6.45) is 5.22. The minimum atomic E-state index is 0.106. The fourth-order valence-electron chi connectivity index (χ4n) is 1.67. The number of ether oxygens (including phenoxy) is 1. The summed E-state index contributed by atoms with van der Waals surface area (Å²) < 4.78 is 6.52. The number of aromatic nitrogens is 1. The van der Waals surface area contributed by atoms with Gasteiger partial charge in [-0.3, -0.25) is 0 Å². The predicted molar refractivity (Wildman–Crippen MR) is 57.6 cm³/mol. The van der Waals surface area contributed by atoms with Crippen LogP contribution >= 0.6 is 22.9 Å². The van der Waals surface area contributed by atoms with Gasteiger partial charge in [0.2, 0.25) is 0 Å². The maximum atomic E-state index is 5.83. The molecule has 3 nitrogen and oxygen atoms in total. The molecule has 1 aliphatic rings. The second-order valence-electron chi connectivity index (χ2n) is 3.42. The zero-order valence-electron chi connectivity index (χ0n) is 7.78. The van der Waals surface area contributed by atoms with Crippen molar-refractivity contribution in [2.24, 2.45) is 5.73 Å². The predicted octanol–water partition coefficient (Wildman–Crippen LogP) is 2.37. The number of thiazole rings is 1. The maximum absolute atomic E-state index is 5.83. The molecule has 1 aliphatic heterocycles. The molecule has 1 saturated heterocycles. The van der Waals surface area contributed by atoms with Crippen molar-refractivity contribution < 1.29 is 4.74 Å². The van der Waals surface area contributed by atoms with Gasteiger partial charge in [-0.1, -0.05) is 11.6 Å². The van der Waals surface area contributed by atoms with E-state index >= 15 is 0 Å². The van der Waals surface area contributed by atoms with Crippen LogP contribution < -0.4 is 5.73 Å². The molecular weight excluding hydrogens is 220 g/mol. The van der Waals surface area contributed by atoms with E-state index in [1.807, 2.05) is 0 Å². The molecule has 0 amide bonds. The largest absolute Gasteiger partial charge is 0.366 e. The molecule has 2 unspecified atom stereocenters. The van der Waals surface area contributed by atoms with Gasteiger partial charge in [0.25, 0.3) is 0 Å². The lowest BCUT2D eigenvalue weighted by molar-refractivity contribution is -0.0462. The standard InChI is InChI=1S/C9H13ClN2OS/c10-8-5-12-9(14-8)7-3-1-2-6(4-11)13-7/h5-7H,1-4,11H2. The molecule has 2 heterocycles. The Morgan fingerprint density at radius 1 is 1.64 bits per heavy atom. The Morgan fingerprint density at radius 3 is 3.14 bits per heavy atom. The van der Waals surface area contributed by atoms with Crippen molar-refractivity contribution >= 4 is 22.9 Å². The van der Waals surface area contributed by atoms with E-state index in [2.05, 4.69) is 4.98 Å². The van der Waals surface area contributed by atoms with E-state index in [0.717, 1.165) is 28.6 Å². The first-order chi connectivity index (χ1) is 6.79. The quantitative estimate of drug-likeness (QED) is 0.852. The highest BCUT2D eigenvalue weighted by Crippen LogP contribution is 2.34. The summed E-state index contributed by atoms with van der Waals surface area (Å²) in [5.41, 5.74) is 5.58. The van der Waals surface area contributed by atoms with Crippen LogP contribution in [0.25, 0.3) is 0 Å². The lowest BCUT2D eigenvalue weighted by atomic mass is 10.0. The van der Waals surface area contributed by atoms with Crippen LogP contribution in [-0.2, 0) is 4.74 Å². The molecule has 0 saturated carbocycles. The maximum Gasteiger partial charge on any atom is 0.123 e. The highest BCUT2D eigenvalue weighted by Gasteiger charge is 2.24. The molecule has 0 aromatic carbocycles. The second-order valence-corrected chi connectivity index (χ2v) is 5.11. The molecule has 14 heavy (non-hydrogen) atoms. The summed E-state index contributed by atoms with van der Waals surface area (Å²) in [6, 6.07) is 0. The molecule has 1 aromatic heterocycles. The zero-order valence-corrected chi connectivity index (χ0v) is 9.35. The van der Waals surface area contributed by atoms with Crippen LogP contribution in [0.2, 0.25) is 4.34 Å². The van der Waals surface area contributed by atoms with Crippen molar-refractivity contribution in [1.82, 2.24) is 4.98 Å². The average Bonchev–Trinajstić information content (AvgIpc) is 2.65. The van der Waals surface area contributed by atoms with E-state index in [9.17, 15) is 0 Å². The molecular formula is C9H13ClN2OS. The molecule has 1 aromatic rings. The molecule has 2 atom stereocenters. The number of nitrogens with two attached hydrogens (primary N) is 1. The van der Waals surface area contributed by atoms with Crippen molar-refractivity contribution in [1.29, 1.82) is 0 Å². The molecule has 0 aliphatic carbocycles. The van der Waals surface area contributed by atoms with Crippen LogP contribution in [0, 0.1) is 0 Å². The van der Waals surface area contributed by atoms with Gasteiger partial charge in [-0.25, -0.2) is 4.98 Å². The van der Waals surface area contributed by atoms with Crippen molar-refractivity contribution in [3.05, 3.63) is 15.5 Å². The molecule has 0 bridgehead atoms. The van der Waals surface area contributed by atoms with Gasteiger partial charge in [-0.15, -0.1) is 11.3 Å². The molecule has 1 fully saturated rings. The molecule has 0 spiro atoms. The Kier molecular flexibility index (Phi) is 3.38. The third kappa shape index (κ3) is 2.25. The van der Waals surface area contributed by atoms with Crippen molar-refractivity contribution in [2.75, 3.05) is 6.54 Å². The van der Waals surface area contributed by atoms with Gasteiger partial charge < -0.3 is 10.5 Å². The Hall–Kier alpha value is -0.160. The fraction of sp³-hybridized carbons (Fsp3) is 0.667. The highest BCUT2D eigenvalue weighted by atomic mass is 35.5. The summed E-state index contributed by atoms with van der Waals surface area (Å²) in [6.45, 7) is 0.593. The normalized spacial score (nSPS) is 27.9. The lowest BCUT2D eigenvalue weighted by Crippen LogP contribution is -2.29. The SMILES string of the molecule is NCC1CCCC(c2ncc(Cl)s2)O1. The number of nitrogens with zero attached hydrogens (tertiary/aromatic N) is 1. The first-order valence-electron chi connectivity index (χ1n) is 4.76. The van der Waals surface area contributed by atoms with Crippen LogP contribution in [0.5, 0.6) is 0 Å². The monoisotopic (exact) mass is 232 g/mol. The van der Waals surface area contributed by atoms with E-state index in [0.29, 0.717) is 6.54 Å². The average molecular weight is 233 g/mol. The third-order valence-electron chi connectivity index (χ3n) is 2.38. The smallest absolute Gasteiger partial charge is 0.123 e. The van der Waals surface area contributed by atoms with Gasteiger partial charge in [0, 0.05) is 6.54 Å². The first kappa shape index (κ1) is 10.4. The summed E-state index contributed by atoms with van der Waals surface area (Å²) in [7, 11) is 0. The number of hydrogen-bond acceptors (Lipinski definition) is 4. The lowest BCUT2D eigenvalue weighted by Gasteiger charge is -2.27. The van der Waals surface area contributed by atoms with E-state index in [1.165, 1.54) is 11.3 Å². The van der Waals surface area contributed by atoms with E-state index in [-0.39, 0.29) is 12.2 Å². The Labute approximate surface area is 92.2 Å². The highest BCUT2D eigenvalue weighted by molar-refractivity contribution is 7.15. The topological polar surface area (TPSA) is 48.1 Å². The molecule has 0 radical (unpaired) electrons. The van der Waals surface area contributed by atoms with Crippen molar-refractivity contribution in [3.8, 4) is 0 Å². The summed E-state index contributed by atoms with van der Waals surface area (Å²) in [5.74, 6) is 0. The number of rotatable bonds is 2. The summed E-state index contributed by atoms with van der Waals surface area (Å²) in [4.78, 5) is 4.23. The van der Waals surface area contributed by atoms with Gasteiger partial charge in [0.15, 0.2) is 0 Å². The zero-order chi connectivity index (χ0) is 9.97. The molecule has 2 rings (SSSR count). The third-order valence-corrected chi connectivity index (χ3v) is 3.59. The van der Waals surface area contributed by atoms with Crippen molar-refractivity contribution in [3.63, 3.8) is 0 Å². The Morgan fingerprint density at radius 2 is 2.50 bits per heavy atom. The van der Waals surface area contributed by atoms with Gasteiger partial charge in [0.05, 0.1) is 12.3 Å². The van der Waals surface area contributed by atoms with E-state index < -0.39 is 0 Å². The number of halogens is 1. The summed E-state index contributed by atoms with van der Waals surface area (Å²) >= 11 is 7.32. The summed E-state index contributed by atoms with van der Waals surface area (Å²) in [5, 5.41) is 0.980. The van der Waals surface area contributed by atoms with Gasteiger partial charge in [0.1, 0.15) is 15.4 Å². The van der Waals surface area contributed by atoms with E-state index in [4.69, 9.17) is 22.1 Å². The van der Waals surface area contributed by atoms with Crippen LogP contribution in [0.15, 0.2) is 6.20 Å². The molecule has 78 valence electrons. The number of hydrogen-bond donors (Lipinski definition) is 1. The Balaban J connectivity index is 2.04. The van der Waals surface area contributed by atoms with Crippen LogP contribution in [0.3, 0.4) is 0 Å². The van der Waals surface area contributed by atoms with Crippen LogP contribution in [0.1, 0.15) is 30.4 Å². The minimum absolute atomic E-state index is 0.106. The first-order valence-corrected chi connectivity index (χ1v) is 5.96. The molecule has 2 N–H and O–H groups in total. The van der Waals surface area contributed by atoms with Gasteiger partial charge >= 0.3 is 0 Å². The van der Waals surface area contributed by atoms with Crippen molar-refractivity contribution in [2.45, 2.75) is 31.5 Å².